The van der Waals surface area contributed by atoms with E-state index in [0.29, 0.717) is 5.82 Å². The predicted molar refractivity (Wildman–Crippen MR) is 366 cm³/mol. The van der Waals surface area contributed by atoms with Gasteiger partial charge in [0.1, 0.15) is 5.82 Å². The summed E-state index contributed by atoms with van der Waals surface area (Å²) in [7, 11) is 0. The Morgan fingerprint density at radius 3 is 1.59 bits per heavy atom. The molecule has 0 saturated carbocycles. The molecule has 4 nitrogen and oxygen atoms in total. The summed E-state index contributed by atoms with van der Waals surface area (Å²) >= 11 is 0. The standard InChI is InChI=1S/C83H56N4/c1-83(2)75-45-40-60(59-29-20-30-62(48-59)86(63-43-39-54-23-12-13-28-58(54)47-63)61-41-37-55(38-42-61)53-21-6-3-7-22-53)49-73(75)69-44-46-77-80(81(69)83)74-50-71-67-34-17-15-32-65(67)66-33-16-18-35-68(66)72(71)51-78(74)87(77)79-52-76(57-26-10-5-11-27-57)84-82(85-79)70-36-19-14-31-64(70)56-24-8-4-9-25-56/h3-52H,1-2H3. The van der Waals surface area contributed by atoms with E-state index in [0.717, 1.165) is 67.4 Å². The topological polar surface area (TPSA) is 34.0 Å². The Labute approximate surface area is 505 Å². The number of aromatic nitrogens is 3. The first kappa shape index (κ1) is 50.3. The van der Waals surface area contributed by atoms with Gasteiger partial charge in [0, 0.05) is 50.4 Å². The van der Waals surface area contributed by atoms with Crippen LogP contribution in [0.2, 0.25) is 0 Å². The smallest absolute Gasteiger partial charge is 0.162 e. The van der Waals surface area contributed by atoms with Gasteiger partial charge < -0.3 is 4.90 Å². The van der Waals surface area contributed by atoms with Gasteiger partial charge in [0.2, 0.25) is 0 Å². The molecule has 17 rings (SSSR count). The summed E-state index contributed by atoms with van der Waals surface area (Å²) < 4.78 is 2.43. The zero-order valence-electron chi connectivity index (χ0n) is 48.2. The van der Waals surface area contributed by atoms with Crippen LogP contribution in [0.5, 0.6) is 0 Å². The van der Waals surface area contributed by atoms with Crippen molar-refractivity contribution in [1.82, 2.24) is 14.5 Å². The first-order valence-electron chi connectivity index (χ1n) is 30.0. The molecule has 1 aliphatic rings. The Kier molecular flexibility index (Phi) is 11.6. The van der Waals surface area contributed by atoms with E-state index in [1.165, 1.54) is 92.8 Å². The minimum absolute atomic E-state index is 0.372. The van der Waals surface area contributed by atoms with Crippen LogP contribution < -0.4 is 4.90 Å². The molecule has 2 aromatic heterocycles. The van der Waals surface area contributed by atoms with Crippen LogP contribution >= 0.6 is 0 Å². The number of anilines is 3. The molecule has 1 aliphatic carbocycles. The highest BCUT2D eigenvalue weighted by molar-refractivity contribution is 6.29. The van der Waals surface area contributed by atoms with E-state index in [2.05, 4.69) is 327 Å². The van der Waals surface area contributed by atoms with Crippen molar-refractivity contribution >= 4 is 82.0 Å². The van der Waals surface area contributed by atoms with Crippen LogP contribution in [0.4, 0.5) is 17.1 Å². The van der Waals surface area contributed by atoms with E-state index in [9.17, 15) is 0 Å². The Bertz CT molecular complexity index is 5410. The molecule has 87 heavy (non-hydrogen) atoms. The van der Waals surface area contributed by atoms with Crippen molar-refractivity contribution in [1.29, 1.82) is 0 Å². The zero-order chi connectivity index (χ0) is 57.7. The van der Waals surface area contributed by atoms with E-state index in [4.69, 9.17) is 9.97 Å². The Hall–Kier alpha value is -11.2. The maximum absolute atomic E-state index is 5.70. The van der Waals surface area contributed by atoms with E-state index in [-0.39, 0.29) is 5.41 Å². The first-order chi connectivity index (χ1) is 42.9. The minimum atomic E-state index is -0.372. The van der Waals surface area contributed by atoms with Crippen molar-refractivity contribution < 1.29 is 0 Å². The van der Waals surface area contributed by atoms with Gasteiger partial charge in [-0.15, -0.1) is 0 Å². The summed E-state index contributed by atoms with van der Waals surface area (Å²) in [5.74, 6) is 1.48. The lowest BCUT2D eigenvalue weighted by Crippen LogP contribution is -2.15. The third-order valence-corrected chi connectivity index (χ3v) is 18.3. The van der Waals surface area contributed by atoms with Crippen LogP contribution in [0.25, 0.3) is 138 Å². The molecule has 0 saturated heterocycles. The van der Waals surface area contributed by atoms with E-state index in [1.807, 2.05) is 0 Å². The lowest BCUT2D eigenvalue weighted by atomic mass is 9.80. The zero-order valence-corrected chi connectivity index (χ0v) is 48.2. The van der Waals surface area contributed by atoms with Crippen LogP contribution in [0.15, 0.2) is 303 Å². The third kappa shape index (κ3) is 8.21. The van der Waals surface area contributed by atoms with Crippen molar-refractivity contribution in [2.24, 2.45) is 0 Å². The van der Waals surface area contributed by atoms with Crippen LogP contribution in [0.3, 0.4) is 0 Å². The monoisotopic (exact) mass is 1110 g/mol. The van der Waals surface area contributed by atoms with E-state index >= 15 is 0 Å². The van der Waals surface area contributed by atoms with Gasteiger partial charge in [0.15, 0.2) is 5.82 Å². The highest BCUT2D eigenvalue weighted by Gasteiger charge is 2.39. The molecule has 4 heteroatoms. The predicted octanol–water partition coefficient (Wildman–Crippen LogP) is 22.3. The maximum atomic E-state index is 5.70. The second kappa shape index (κ2) is 20.0. The van der Waals surface area contributed by atoms with Gasteiger partial charge in [0.25, 0.3) is 0 Å². The molecule has 0 aliphatic heterocycles. The van der Waals surface area contributed by atoms with Gasteiger partial charge in [-0.25, -0.2) is 9.97 Å². The van der Waals surface area contributed by atoms with E-state index in [1.54, 1.807) is 0 Å². The first-order valence-corrected chi connectivity index (χ1v) is 30.0. The molecule has 16 aromatic rings. The fourth-order valence-corrected chi connectivity index (χ4v) is 14.2. The van der Waals surface area contributed by atoms with Crippen LogP contribution in [0, 0.1) is 0 Å². The molecular formula is C83H56N4. The number of fused-ring (bicyclic) bond motifs is 14. The molecule has 0 N–H and O–H groups in total. The summed E-state index contributed by atoms with van der Waals surface area (Å²) in [4.78, 5) is 13.5. The van der Waals surface area contributed by atoms with Crippen LogP contribution in [-0.4, -0.2) is 14.5 Å². The second-order valence-electron chi connectivity index (χ2n) is 23.7. The summed E-state index contributed by atoms with van der Waals surface area (Å²) in [5, 5.41) is 12.3. The van der Waals surface area contributed by atoms with Gasteiger partial charge in [0.05, 0.1) is 16.7 Å². The molecule has 2 heterocycles. The average molecular weight is 1110 g/mol. The van der Waals surface area contributed by atoms with Gasteiger partial charge in [-0.1, -0.05) is 250 Å². The second-order valence-corrected chi connectivity index (χ2v) is 23.7. The molecule has 0 unspecified atom stereocenters. The molecule has 0 bridgehead atoms. The summed E-state index contributed by atoms with van der Waals surface area (Å²) in [5.41, 5.74) is 20.0. The molecular weight excluding hydrogens is 1050 g/mol. The molecule has 0 fully saturated rings. The number of benzene rings is 14. The number of rotatable bonds is 9. The lowest BCUT2D eigenvalue weighted by molar-refractivity contribution is 0.666. The van der Waals surface area contributed by atoms with Crippen LogP contribution in [0.1, 0.15) is 25.0 Å². The minimum Gasteiger partial charge on any atom is -0.310 e. The van der Waals surface area contributed by atoms with E-state index < -0.39 is 0 Å². The summed E-state index contributed by atoms with van der Waals surface area (Å²) in [6.07, 6.45) is 0. The normalized spacial score (nSPS) is 12.6. The van der Waals surface area contributed by atoms with Crippen molar-refractivity contribution in [3.05, 3.63) is 314 Å². The summed E-state index contributed by atoms with van der Waals surface area (Å²) in [6, 6.07) is 111. The lowest BCUT2D eigenvalue weighted by Gasteiger charge is -2.27. The molecule has 0 amide bonds. The average Bonchev–Trinajstić information content (AvgIpc) is 1.61. The number of hydrogen-bond donors (Lipinski definition) is 0. The quantitative estimate of drug-likeness (QED) is 0.135. The van der Waals surface area contributed by atoms with Gasteiger partial charge in [-0.05, 0) is 159 Å². The maximum Gasteiger partial charge on any atom is 0.162 e. The van der Waals surface area contributed by atoms with Gasteiger partial charge in [-0.3, -0.25) is 4.57 Å². The van der Waals surface area contributed by atoms with Gasteiger partial charge in [-0.2, -0.15) is 0 Å². The Morgan fingerprint density at radius 2 is 0.862 bits per heavy atom. The largest absolute Gasteiger partial charge is 0.310 e. The SMILES string of the molecule is CC1(C)c2ccc(-c3cccc(N(c4ccc(-c5ccccc5)cc4)c4ccc5ccccc5c4)c3)cc2-c2ccc3c(c21)c1cc2c4ccccc4c4ccccc4c2cc1n3-c1cc(-c2ccccc2)nc(-c2ccccc2-c2ccccc2)n1. The number of nitrogens with zero attached hydrogens (tertiary/aromatic N) is 4. The fourth-order valence-electron chi connectivity index (χ4n) is 14.2. The highest BCUT2D eigenvalue weighted by Crippen LogP contribution is 2.55. The third-order valence-electron chi connectivity index (χ3n) is 18.3. The Morgan fingerprint density at radius 1 is 0.310 bits per heavy atom. The fraction of sp³-hybridized carbons (Fsp3) is 0.0361. The highest BCUT2D eigenvalue weighted by atomic mass is 15.1. The molecule has 0 atom stereocenters. The Balaban J connectivity index is 0.877. The number of hydrogen-bond acceptors (Lipinski definition) is 3. The van der Waals surface area contributed by atoms with Gasteiger partial charge >= 0.3 is 0 Å². The van der Waals surface area contributed by atoms with Crippen molar-refractivity contribution in [2.75, 3.05) is 4.90 Å². The van der Waals surface area contributed by atoms with Crippen LogP contribution in [-0.2, 0) is 5.41 Å². The molecule has 14 aromatic carbocycles. The molecule has 0 radical (unpaired) electrons. The van der Waals surface area contributed by atoms with Crippen molar-refractivity contribution in [2.45, 2.75) is 19.3 Å². The van der Waals surface area contributed by atoms with Crippen molar-refractivity contribution in [3.8, 4) is 73.0 Å². The molecule has 408 valence electrons. The summed E-state index contributed by atoms with van der Waals surface area (Å²) in [6.45, 7) is 4.84. The molecule has 0 spiro atoms. The van der Waals surface area contributed by atoms with Crippen molar-refractivity contribution in [3.63, 3.8) is 0 Å².